The monoisotopic (exact) mass is 311 g/mol. The lowest BCUT2D eigenvalue weighted by molar-refractivity contribution is -0.132. The van der Waals surface area contributed by atoms with E-state index in [2.05, 4.69) is 15.9 Å². The van der Waals surface area contributed by atoms with E-state index < -0.39 is 5.97 Å². The third-order valence-corrected chi connectivity index (χ3v) is 2.58. The lowest BCUT2D eigenvalue weighted by Crippen LogP contribution is -1.99. The maximum absolute atomic E-state index is 10.8. The number of carboxylic acid groups (broad SMARTS) is 1. The van der Waals surface area contributed by atoms with Gasteiger partial charge in [0.05, 0.1) is 14.2 Å². The summed E-state index contributed by atoms with van der Waals surface area (Å²) in [5.74, 6) is -0.478. The van der Waals surface area contributed by atoms with Crippen LogP contribution in [0.1, 0.15) is 5.56 Å². The Hall–Kier alpha value is -2.00. The molecule has 1 rings (SSSR count). The van der Waals surface area contributed by atoms with Gasteiger partial charge < -0.3 is 14.6 Å². The Morgan fingerprint density at radius 3 is 2.56 bits per heavy atom. The fourth-order valence-electron chi connectivity index (χ4n) is 1.36. The summed E-state index contributed by atoms with van der Waals surface area (Å²) >= 11 is 3.27. The topological polar surface area (TPSA) is 79.5 Å². The van der Waals surface area contributed by atoms with Crippen molar-refractivity contribution in [1.29, 1.82) is 5.26 Å². The van der Waals surface area contributed by atoms with Crippen LogP contribution >= 0.6 is 15.9 Å². The van der Waals surface area contributed by atoms with Gasteiger partial charge in [-0.2, -0.15) is 5.26 Å². The van der Waals surface area contributed by atoms with E-state index in [0.717, 1.165) is 0 Å². The number of carbonyl (C=O) groups is 1. The van der Waals surface area contributed by atoms with Gasteiger partial charge >= 0.3 is 5.97 Å². The average Bonchev–Trinajstić information content (AvgIpc) is 2.34. The van der Waals surface area contributed by atoms with Gasteiger partial charge in [-0.25, -0.2) is 4.79 Å². The molecular formula is C12H10BrNO4. The summed E-state index contributed by atoms with van der Waals surface area (Å²) in [4.78, 5) is 10.8. The summed E-state index contributed by atoms with van der Waals surface area (Å²) in [6, 6.07) is 4.93. The molecule has 94 valence electrons. The smallest absolute Gasteiger partial charge is 0.346 e. The number of methoxy groups -OCH3 is 2. The van der Waals surface area contributed by atoms with Crippen molar-refractivity contribution >= 4 is 28.0 Å². The van der Waals surface area contributed by atoms with Crippen LogP contribution in [-0.2, 0) is 4.79 Å². The van der Waals surface area contributed by atoms with Gasteiger partial charge in [-0.3, -0.25) is 0 Å². The third-order valence-electron chi connectivity index (χ3n) is 2.12. The molecule has 0 fully saturated rings. The van der Waals surface area contributed by atoms with Crippen LogP contribution in [0.3, 0.4) is 0 Å². The van der Waals surface area contributed by atoms with Crippen molar-refractivity contribution in [2.45, 2.75) is 0 Å². The first-order chi connectivity index (χ1) is 8.53. The van der Waals surface area contributed by atoms with Crippen LogP contribution in [0.25, 0.3) is 6.08 Å². The van der Waals surface area contributed by atoms with Gasteiger partial charge in [0.25, 0.3) is 0 Å². The minimum absolute atomic E-state index is 0.370. The molecule has 0 bridgehead atoms. The molecule has 5 nitrogen and oxygen atoms in total. The highest BCUT2D eigenvalue weighted by molar-refractivity contribution is 9.10. The minimum Gasteiger partial charge on any atom is -0.493 e. The zero-order valence-electron chi connectivity index (χ0n) is 9.73. The second kappa shape index (κ2) is 6.07. The standard InChI is InChI=1S/C12H10BrNO4/c1-17-10-5-9(13)4-7(11(10)18-2)3-8(6-14)12(15)16/h3-5H,1-2H3,(H,15,16). The van der Waals surface area contributed by atoms with Gasteiger partial charge in [-0.15, -0.1) is 0 Å². The van der Waals surface area contributed by atoms with E-state index in [0.29, 0.717) is 21.5 Å². The van der Waals surface area contributed by atoms with E-state index >= 15 is 0 Å². The van der Waals surface area contributed by atoms with Gasteiger partial charge in [0.1, 0.15) is 11.6 Å². The molecule has 0 unspecified atom stereocenters. The molecular weight excluding hydrogens is 302 g/mol. The summed E-state index contributed by atoms with van der Waals surface area (Å²) in [5.41, 5.74) is 0.0659. The molecule has 0 aliphatic heterocycles. The largest absolute Gasteiger partial charge is 0.493 e. The van der Waals surface area contributed by atoms with E-state index in [1.165, 1.54) is 20.3 Å². The van der Waals surface area contributed by atoms with Crippen LogP contribution in [0.4, 0.5) is 0 Å². The summed E-state index contributed by atoms with van der Waals surface area (Å²) in [6.07, 6.45) is 1.23. The highest BCUT2D eigenvalue weighted by Crippen LogP contribution is 2.35. The van der Waals surface area contributed by atoms with Crippen molar-refractivity contribution in [3.63, 3.8) is 0 Å². The Kier molecular flexibility index (Phi) is 4.75. The number of benzene rings is 1. The van der Waals surface area contributed by atoms with Gasteiger partial charge in [0.2, 0.25) is 0 Å². The van der Waals surface area contributed by atoms with Crippen LogP contribution in [0.15, 0.2) is 22.2 Å². The quantitative estimate of drug-likeness (QED) is 0.682. The molecule has 0 saturated carbocycles. The van der Waals surface area contributed by atoms with Gasteiger partial charge in [0, 0.05) is 10.0 Å². The van der Waals surface area contributed by atoms with E-state index in [1.807, 2.05) is 0 Å². The molecule has 1 aromatic carbocycles. The molecule has 6 heteroatoms. The summed E-state index contributed by atoms with van der Waals surface area (Å²) in [7, 11) is 2.91. The number of hydrogen-bond donors (Lipinski definition) is 1. The lowest BCUT2D eigenvalue weighted by atomic mass is 10.1. The molecule has 0 radical (unpaired) electrons. The highest BCUT2D eigenvalue weighted by Gasteiger charge is 2.13. The summed E-state index contributed by atoms with van der Waals surface area (Å²) < 4.78 is 11.0. The predicted octanol–water partition coefficient (Wildman–Crippen LogP) is 2.46. The first-order valence-electron chi connectivity index (χ1n) is 4.80. The molecule has 0 heterocycles. The van der Waals surface area contributed by atoms with Crippen molar-refractivity contribution in [1.82, 2.24) is 0 Å². The van der Waals surface area contributed by atoms with Crippen LogP contribution in [0.2, 0.25) is 0 Å². The number of nitrogens with zero attached hydrogens (tertiary/aromatic N) is 1. The predicted molar refractivity (Wildman–Crippen MR) is 68.5 cm³/mol. The maximum Gasteiger partial charge on any atom is 0.346 e. The Bertz CT molecular complexity index is 546. The second-order valence-corrected chi connectivity index (χ2v) is 4.12. The Balaban J connectivity index is 3.45. The molecule has 0 spiro atoms. The highest BCUT2D eigenvalue weighted by atomic mass is 79.9. The van der Waals surface area contributed by atoms with Gasteiger partial charge in [-0.05, 0) is 18.2 Å². The van der Waals surface area contributed by atoms with Crippen molar-refractivity contribution in [3.05, 3.63) is 27.7 Å². The van der Waals surface area contributed by atoms with E-state index in [-0.39, 0.29) is 5.57 Å². The average molecular weight is 312 g/mol. The minimum atomic E-state index is -1.29. The van der Waals surface area contributed by atoms with Gasteiger partial charge in [-0.1, -0.05) is 15.9 Å². The van der Waals surface area contributed by atoms with Crippen molar-refractivity contribution in [3.8, 4) is 17.6 Å². The number of nitriles is 1. The zero-order valence-corrected chi connectivity index (χ0v) is 11.3. The summed E-state index contributed by atoms with van der Waals surface area (Å²) in [5, 5.41) is 17.6. The molecule has 0 aromatic heterocycles. The fourth-order valence-corrected chi connectivity index (χ4v) is 1.82. The maximum atomic E-state index is 10.8. The second-order valence-electron chi connectivity index (χ2n) is 3.21. The lowest BCUT2D eigenvalue weighted by Gasteiger charge is -2.11. The van der Waals surface area contributed by atoms with Crippen LogP contribution in [0, 0.1) is 11.3 Å². The van der Waals surface area contributed by atoms with E-state index in [1.54, 1.807) is 18.2 Å². The Labute approximate surface area is 112 Å². The van der Waals surface area contributed by atoms with Crippen LogP contribution in [0.5, 0.6) is 11.5 Å². The summed E-state index contributed by atoms with van der Waals surface area (Å²) in [6.45, 7) is 0. The number of hydrogen-bond acceptors (Lipinski definition) is 4. The molecule has 1 aromatic rings. The van der Waals surface area contributed by atoms with E-state index in [9.17, 15) is 4.79 Å². The first kappa shape index (κ1) is 14.1. The molecule has 0 aliphatic carbocycles. The van der Waals surface area contributed by atoms with Crippen molar-refractivity contribution in [2.75, 3.05) is 14.2 Å². The van der Waals surface area contributed by atoms with Crippen LogP contribution < -0.4 is 9.47 Å². The third kappa shape index (κ3) is 3.02. The molecule has 0 aliphatic rings. The molecule has 0 saturated heterocycles. The number of ether oxygens (including phenoxy) is 2. The zero-order chi connectivity index (χ0) is 13.7. The molecule has 0 atom stereocenters. The molecule has 18 heavy (non-hydrogen) atoms. The number of rotatable bonds is 4. The Morgan fingerprint density at radius 1 is 1.44 bits per heavy atom. The van der Waals surface area contributed by atoms with E-state index in [4.69, 9.17) is 19.8 Å². The number of carboxylic acids is 1. The fraction of sp³-hybridized carbons (Fsp3) is 0.167. The van der Waals surface area contributed by atoms with Gasteiger partial charge in [0.15, 0.2) is 11.5 Å². The van der Waals surface area contributed by atoms with Crippen molar-refractivity contribution in [2.24, 2.45) is 0 Å². The normalized spacial score (nSPS) is 10.7. The SMILES string of the molecule is COc1cc(Br)cc(C=C(C#N)C(=O)O)c1OC. The number of aliphatic carboxylic acids is 1. The molecule has 0 amide bonds. The number of halogens is 1. The molecule has 1 N–H and O–H groups in total. The van der Waals surface area contributed by atoms with Crippen LogP contribution in [-0.4, -0.2) is 25.3 Å². The van der Waals surface area contributed by atoms with Crippen molar-refractivity contribution < 1.29 is 19.4 Å². The Morgan fingerprint density at radius 2 is 2.11 bits per heavy atom. The first-order valence-corrected chi connectivity index (χ1v) is 5.59.